The maximum atomic E-state index is 3.55. The molecule has 0 amide bonds. The molecule has 0 bridgehead atoms. The normalized spacial score (nSPS) is 11.3. The van der Waals surface area contributed by atoms with Gasteiger partial charge in [0.1, 0.15) is 0 Å². The summed E-state index contributed by atoms with van der Waals surface area (Å²) < 4.78 is 0. The highest BCUT2D eigenvalue weighted by Gasteiger charge is 2.35. The van der Waals surface area contributed by atoms with Gasteiger partial charge in [-0.15, -0.1) is 0 Å². The first kappa shape index (κ1) is 23.6. The lowest BCUT2D eigenvalue weighted by molar-refractivity contribution is -0.00000486. The quantitative estimate of drug-likeness (QED) is 0.315. The van der Waals surface area contributed by atoms with Crippen LogP contribution in [0.2, 0.25) is 0 Å². The van der Waals surface area contributed by atoms with Crippen LogP contribution in [-0.2, 0) is 11.5 Å². The lowest BCUT2D eigenvalue weighted by Crippen LogP contribution is -3.00. The third-order valence-corrected chi connectivity index (χ3v) is 10.1. The molecule has 134 valence electrons. The molecule has 0 nitrogen and oxygen atoms in total. The van der Waals surface area contributed by atoms with Crippen LogP contribution in [-0.4, -0.2) is 18.5 Å². The van der Waals surface area contributed by atoms with Crippen molar-refractivity contribution in [2.75, 3.05) is 18.5 Å². The van der Waals surface area contributed by atoms with Gasteiger partial charge in [0.15, 0.2) is 0 Å². The summed E-state index contributed by atoms with van der Waals surface area (Å²) >= 11 is 3.55. The third kappa shape index (κ3) is 9.03. The van der Waals surface area contributed by atoms with Gasteiger partial charge in [-0.25, -0.2) is 0 Å². The number of alkyl halides is 1. The number of rotatable bonds is 12. The molecule has 1 aromatic carbocycles. The van der Waals surface area contributed by atoms with E-state index < -0.39 is 7.26 Å². The van der Waals surface area contributed by atoms with E-state index in [1.807, 2.05) is 0 Å². The molecule has 0 atom stereocenters. The van der Waals surface area contributed by atoms with Gasteiger partial charge in [-0.2, -0.15) is 0 Å². The second-order valence-corrected chi connectivity index (χ2v) is 11.6. The molecule has 0 heterocycles. The first-order valence-corrected chi connectivity index (χ1v) is 12.8. The van der Waals surface area contributed by atoms with Gasteiger partial charge in [0.25, 0.3) is 0 Å². The lowest BCUT2D eigenvalue weighted by atomic mass is 10.2. The molecule has 0 aliphatic carbocycles. The van der Waals surface area contributed by atoms with Gasteiger partial charge in [-0.05, 0) is 30.4 Å². The van der Waals surface area contributed by atoms with E-state index in [0.717, 1.165) is 5.33 Å². The molecule has 0 N–H and O–H groups in total. The summed E-state index contributed by atoms with van der Waals surface area (Å²) in [4.78, 5) is 0. The molecule has 1 rings (SSSR count). The average Bonchev–Trinajstić information content (AvgIpc) is 2.56. The Kier molecular flexibility index (Phi) is 14.2. The Morgan fingerprint density at radius 2 is 1.13 bits per heavy atom. The Morgan fingerprint density at radius 1 is 0.739 bits per heavy atom. The minimum absolute atomic E-state index is 0. The summed E-state index contributed by atoms with van der Waals surface area (Å²) in [5.74, 6) is 0. The van der Waals surface area contributed by atoms with E-state index in [-0.39, 0.29) is 17.0 Å². The number of halogens is 2. The van der Waals surface area contributed by atoms with Crippen LogP contribution in [0.3, 0.4) is 0 Å². The molecule has 0 aromatic heterocycles. The number of benzene rings is 1. The molecule has 1 aromatic rings. The zero-order chi connectivity index (χ0) is 16.3. The summed E-state index contributed by atoms with van der Waals surface area (Å²) in [6, 6.07) is 9.38. The van der Waals surface area contributed by atoms with Gasteiger partial charge in [0.05, 0.1) is 24.6 Å². The lowest BCUT2D eigenvalue weighted by Gasteiger charge is -2.28. The van der Waals surface area contributed by atoms with Crippen molar-refractivity contribution in [1.82, 2.24) is 0 Å². The molecule has 0 fully saturated rings. The Bertz CT molecular complexity index is 367. The highest BCUT2D eigenvalue weighted by atomic mass is 79.9. The molecule has 23 heavy (non-hydrogen) atoms. The fraction of sp³-hybridized carbons (Fsp3) is 0.700. The van der Waals surface area contributed by atoms with Crippen LogP contribution in [0.15, 0.2) is 24.3 Å². The van der Waals surface area contributed by atoms with Crippen molar-refractivity contribution >= 4 is 23.2 Å². The van der Waals surface area contributed by atoms with E-state index in [9.17, 15) is 0 Å². The van der Waals surface area contributed by atoms with Crippen molar-refractivity contribution in [3.8, 4) is 0 Å². The highest BCUT2D eigenvalue weighted by Crippen LogP contribution is 2.63. The van der Waals surface area contributed by atoms with Gasteiger partial charge >= 0.3 is 0 Å². The van der Waals surface area contributed by atoms with E-state index >= 15 is 0 Å². The van der Waals surface area contributed by atoms with Crippen LogP contribution in [0.4, 0.5) is 0 Å². The van der Waals surface area contributed by atoms with Crippen LogP contribution in [0.1, 0.15) is 70.4 Å². The molecule has 0 aliphatic heterocycles. The van der Waals surface area contributed by atoms with Crippen LogP contribution >= 0.6 is 23.2 Å². The monoisotopic (exact) mass is 464 g/mol. The van der Waals surface area contributed by atoms with Crippen LogP contribution in [0.5, 0.6) is 0 Å². The van der Waals surface area contributed by atoms with Crippen LogP contribution < -0.4 is 17.0 Å². The van der Waals surface area contributed by atoms with Crippen molar-refractivity contribution in [2.45, 2.75) is 70.8 Å². The average molecular weight is 466 g/mol. The minimum Gasteiger partial charge on any atom is -1.00 e. The second-order valence-electron chi connectivity index (χ2n) is 6.68. The SMILES string of the molecule is CCCC[P+](CCCC)(CCCC)Cc1ccc(CBr)cc1.[Br-]. The van der Waals surface area contributed by atoms with E-state index in [1.54, 1.807) is 5.56 Å². The van der Waals surface area contributed by atoms with Crippen molar-refractivity contribution in [3.63, 3.8) is 0 Å². The number of hydrogen-bond donors (Lipinski definition) is 0. The smallest absolute Gasteiger partial charge is 0.0842 e. The van der Waals surface area contributed by atoms with E-state index in [0.29, 0.717) is 0 Å². The summed E-state index contributed by atoms with van der Waals surface area (Å²) in [6.07, 6.45) is 14.3. The fourth-order valence-electron chi connectivity index (χ4n) is 3.17. The molecule has 0 radical (unpaired) electrons. The first-order chi connectivity index (χ1) is 10.7. The molecule has 3 heteroatoms. The van der Waals surface area contributed by atoms with Crippen LogP contribution in [0.25, 0.3) is 0 Å². The molecule has 0 spiro atoms. The maximum Gasteiger partial charge on any atom is 0.0842 e. The Hall–Kier alpha value is 0.610. The van der Waals surface area contributed by atoms with E-state index in [4.69, 9.17) is 0 Å². The molecule has 0 aliphatic rings. The predicted octanol–water partition coefficient (Wildman–Crippen LogP) is 4.50. The molecule has 0 saturated carbocycles. The zero-order valence-electron chi connectivity index (χ0n) is 15.3. The predicted molar refractivity (Wildman–Crippen MR) is 109 cm³/mol. The molecule has 0 unspecified atom stereocenters. The summed E-state index contributed by atoms with van der Waals surface area (Å²) in [6.45, 7) is 7.04. The fourth-order valence-corrected chi connectivity index (χ4v) is 8.64. The zero-order valence-corrected chi connectivity index (χ0v) is 19.4. The minimum atomic E-state index is -0.803. The van der Waals surface area contributed by atoms with Gasteiger partial charge in [0, 0.05) is 12.6 Å². The topological polar surface area (TPSA) is 0 Å². The number of unbranched alkanes of at least 4 members (excludes halogenated alkanes) is 3. The molecular formula is C20H35Br2P. The summed E-state index contributed by atoms with van der Waals surface area (Å²) in [5.41, 5.74) is 2.98. The summed E-state index contributed by atoms with van der Waals surface area (Å²) in [5, 5.41) is 0.967. The first-order valence-electron chi connectivity index (χ1n) is 9.18. The van der Waals surface area contributed by atoms with Crippen molar-refractivity contribution in [3.05, 3.63) is 35.4 Å². The standard InChI is InChI=1S/C20H35BrP.BrH/c1-4-7-14-22(15-8-5-2,16-9-6-3)18-20-12-10-19(17-21)11-13-20;/h10-13H,4-9,14-18H2,1-3H3;1H/q+1;/p-1. The van der Waals surface area contributed by atoms with Crippen molar-refractivity contribution in [1.29, 1.82) is 0 Å². The van der Waals surface area contributed by atoms with E-state index in [2.05, 4.69) is 61.0 Å². The largest absolute Gasteiger partial charge is 1.00 e. The highest BCUT2D eigenvalue weighted by molar-refractivity contribution is 9.08. The second kappa shape index (κ2) is 13.9. The Balaban J connectivity index is 0.00000484. The van der Waals surface area contributed by atoms with Crippen LogP contribution in [0, 0.1) is 0 Å². The van der Waals surface area contributed by atoms with Crippen molar-refractivity contribution < 1.29 is 17.0 Å². The molecular weight excluding hydrogens is 431 g/mol. The molecule has 0 saturated heterocycles. The Morgan fingerprint density at radius 3 is 1.48 bits per heavy atom. The summed E-state index contributed by atoms with van der Waals surface area (Å²) in [7, 11) is -0.803. The van der Waals surface area contributed by atoms with Gasteiger partial charge in [-0.1, -0.05) is 80.2 Å². The van der Waals surface area contributed by atoms with Gasteiger partial charge < -0.3 is 17.0 Å². The maximum absolute atomic E-state index is 3.55. The van der Waals surface area contributed by atoms with Crippen molar-refractivity contribution in [2.24, 2.45) is 0 Å². The number of hydrogen-bond acceptors (Lipinski definition) is 0. The van der Waals surface area contributed by atoms with Gasteiger partial charge in [-0.3, -0.25) is 0 Å². The van der Waals surface area contributed by atoms with Gasteiger partial charge in [0.2, 0.25) is 0 Å². The Labute approximate surface area is 164 Å². The third-order valence-electron chi connectivity index (χ3n) is 4.65. The van der Waals surface area contributed by atoms with E-state index in [1.165, 1.54) is 68.7 Å².